The average Bonchev–Trinajstić information content (AvgIpc) is 2.79. The number of carbonyl (C=O) groups excluding carboxylic acids is 1. The van der Waals surface area contributed by atoms with Crippen molar-refractivity contribution < 1.29 is 13.9 Å². The Balaban J connectivity index is 2.13. The zero-order valence-corrected chi connectivity index (χ0v) is 13.3. The minimum absolute atomic E-state index is 0.171. The van der Waals surface area contributed by atoms with Crippen LogP contribution in [-0.4, -0.2) is 34.7 Å². The molecule has 0 fully saturated rings. The lowest BCUT2D eigenvalue weighted by Crippen LogP contribution is -2.27. The molecule has 2 rings (SSSR count). The summed E-state index contributed by atoms with van der Waals surface area (Å²) < 4.78 is 12.1. The number of aromatic nitrogens is 2. The largest absolute Gasteiger partial charge is 0.442 e. The Morgan fingerprint density at radius 3 is 2.91 bits per heavy atom. The molecule has 0 aliphatic carbocycles. The number of fused-ring (bicyclic) bond motifs is 1. The van der Waals surface area contributed by atoms with Crippen LogP contribution in [0.3, 0.4) is 0 Å². The van der Waals surface area contributed by atoms with Crippen molar-refractivity contribution in [2.45, 2.75) is 33.3 Å². The second kappa shape index (κ2) is 6.74. The van der Waals surface area contributed by atoms with Crippen LogP contribution < -0.4 is 10.9 Å². The van der Waals surface area contributed by atoms with Crippen molar-refractivity contribution >= 4 is 17.0 Å². The van der Waals surface area contributed by atoms with Crippen molar-refractivity contribution in [3.8, 4) is 0 Å². The molecule has 1 N–H and O–H groups in total. The Hall–Kier alpha value is -2.15. The molecule has 7 heteroatoms. The number of hydrogen-bond donors (Lipinski definition) is 1. The predicted molar refractivity (Wildman–Crippen MR) is 82.0 cm³/mol. The fourth-order valence-corrected chi connectivity index (χ4v) is 2.14. The number of aryl methyl sites for hydroxylation is 2. The van der Waals surface area contributed by atoms with Gasteiger partial charge in [0.05, 0.1) is 11.7 Å². The predicted octanol–water partition coefficient (Wildman–Crippen LogP) is 1.38. The first-order valence-electron chi connectivity index (χ1n) is 7.26. The highest BCUT2D eigenvalue weighted by atomic mass is 16.5. The number of furan rings is 1. The van der Waals surface area contributed by atoms with Gasteiger partial charge in [-0.05, 0) is 27.2 Å². The normalized spacial score (nSPS) is 11.3. The number of hydrogen-bond acceptors (Lipinski definition) is 5. The van der Waals surface area contributed by atoms with Crippen LogP contribution in [0.2, 0.25) is 0 Å². The van der Waals surface area contributed by atoms with Gasteiger partial charge < -0.3 is 19.0 Å². The first kappa shape index (κ1) is 16.2. The Kier molecular flexibility index (Phi) is 4.97. The standard InChI is InChI=1S/C15H21N3O4/c1-9(2)21-7-5-6-16-13(19)11-10(3)22-14-12(11)15(20)18(4)8-17-14/h8-9H,5-7H2,1-4H3,(H,16,19). The fourth-order valence-electron chi connectivity index (χ4n) is 2.14. The number of nitrogens with one attached hydrogen (secondary N) is 1. The smallest absolute Gasteiger partial charge is 0.265 e. The van der Waals surface area contributed by atoms with E-state index < -0.39 is 0 Å². The van der Waals surface area contributed by atoms with Gasteiger partial charge in [0.15, 0.2) is 0 Å². The summed E-state index contributed by atoms with van der Waals surface area (Å²) in [4.78, 5) is 28.5. The maximum atomic E-state index is 12.3. The molecule has 0 aromatic carbocycles. The molecule has 0 atom stereocenters. The molecular formula is C15H21N3O4. The minimum atomic E-state index is -0.328. The molecule has 0 aliphatic rings. The van der Waals surface area contributed by atoms with E-state index in [0.717, 1.165) is 0 Å². The van der Waals surface area contributed by atoms with Gasteiger partial charge in [-0.1, -0.05) is 0 Å². The molecular weight excluding hydrogens is 286 g/mol. The number of nitrogens with zero attached hydrogens (tertiary/aromatic N) is 2. The molecule has 2 heterocycles. The summed E-state index contributed by atoms with van der Waals surface area (Å²) in [7, 11) is 1.59. The van der Waals surface area contributed by atoms with Crippen LogP contribution in [0.4, 0.5) is 0 Å². The minimum Gasteiger partial charge on any atom is -0.442 e. The fraction of sp³-hybridized carbons (Fsp3) is 0.533. The Morgan fingerprint density at radius 2 is 2.23 bits per heavy atom. The Bertz CT molecular complexity index is 730. The molecule has 0 bridgehead atoms. The number of carbonyl (C=O) groups is 1. The van der Waals surface area contributed by atoms with Gasteiger partial charge in [-0.2, -0.15) is 0 Å². The van der Waals surface area contributed by atoms with Crippen molar-refractivity contribution in [2.24, 2.45) is 7.05 Å². The summed E-state index contributed by atoms with van der Waals surface area (Å²) in [5, 5.41) is 3.00. The summed E-state index contributed by atoms with van der Waals surface area (Å²) >= 11 is 0. The van der Waals surface area contributed by atoms with Crippen molar-refractivity contribution in [1.29, 1.82) is 0 Å². The summed E-state index contributed by atoms with van der Waals surface area (Å²) in [5.74, 6) is 0.0626. The molecule has 2 aromatic heterocycles. The average molecular weight is 307 g/mol. The molecule has 0 saturated heterocycles. The molecule has 22 heavy (non-hydrogen) atoms. The van der Waals surface area contributed by atoms with Gasteiger partial charge in [0.25, 0.3) is 11.5 Å². The van der Waals surface area contributed by atoms with Gasteiger partial charge in [0.1, 0.15) is 17.5 Å². The van der Waals surface area contributed by atoms with Gasteiger partial charge in [0.2, 0.25) is 5.71 Å². The lowest BCUT2D eigenvalue weighted by Gasteiger charge is -2.08. The summed E-state index contributed by atoms with van der Waals surface area (Å²) in [5.41, 5.74) is 0.150. The first-order valence-corrected chi connectivity index (χ1v) is 7.26. The maximum absolute atomic E-state index is 12.3. The van der Waals surface area contributed by atoms with E-state index in [1.807, 2.05) is 13.8 Å². The maximum Gasteiger partial charge on any atom is 0.265 e. The third-order valence-corrected chi connectivity index (χ3v) is 3.23. The van der Waals surface area contributed by atoms with Crippen molar-refractivity contribution in [3.63, 3.8) is 0 Å². The van der Waals surface area contributed by atoms with E-state index >= 15 is 0 Å². The second-order valence-corrected chi connectivity index (χ2v) is 5.40. The van der Waals surface area contributed by atoms with E-state index in [9.17, 15) is 9.59 Å². The molecule has 7 nitrogen and oxygen atoms in total. The molecule has 0 aliphatic heterocycles. The third kappa shape index (κ3) is 3.36. The Labute approximate surface area is 128 Å². The van der Waals surface area contributed by atoms with Crippen LogP contribution >= 0.6 is 0 Å². The highest BCUT2D eigenvalue weighted by Gasteiger charge is 2.21. The molecule has 0 radical (unpaired) electrons. The van der Waals surface area contributed by atoms with Gasteiger partial charge >= 0.3 is 0 Å². The van der Waals surface area contributed by atoms with Crippen molar-refractivity contribution in [3.05, 3.63) is 28.0 Å². The molecule has 1 amide bonds. The molecule has 0 unspecified atom stereocenters. The van der Waals surface area contributed by atoms with Crippen LogP contribution in [0, 0.1) is 6.92 Å². The summed E-state index contributed by atoms with van der Waals surface area (Å²) in [6.45, 7) is 6.62. The first-order chi connectivity index (χ1) is 10.4. The zero-order chi connectivity index (χ0) is 16.3. The third-order valence-electron chi connectivity index (χ3n) is 3.23. The zero-order valence-electron chi connectivity index (χ0n) is 13.3. The van der Waals surface area contributed by atoms with Crippen LogP contribution in [0.15, 0.2) is 15.5 Å². The summed E-state index contributed by atoms with van der Waals surface area (Å²) in [6, 6.07) is 0. The van der Waals surface area contributed by atoms with E-state index in [0.29, 0.717) is 25.3 Å². The second-order valence-electron chi connectivity index (χ2n) is 5.40. The number of ether oxygens (including phenoxy) is 1. The van der Waals surface area contributed by atoms with E-state index in [2.05, 4.69) is 10.3 Å². The van der Waals surface area contributed by atoms with E-state index in [1.165, 1.54) is 10.9 Å². The molecule has 0 saturated carbocycles. The van der Waals surface area contributed by atoms with E-state index in [-0.39, 0.29) is 34.2 Å². The topological polar surface area (TPSA) is 86.4 Å². The van der Waals surface area contributed by atoms with E-state index in [4.69, 9.17) is 9.15 Å². The molecule has 0 spiro atoms. The van der Waals surface area contributed by atoms with Crippen LogP contribution in [0.25, 0.3) is 11.1 Å². The van der Waals surface area contributed by atoms with E-state index in [1.54, 1.807) is 14.0 Å². The van der Waals surface area contributed by atoms with Gasteiger partial charge in [-0.3, -0.25) is 9.59 Å². The number of rotatable bonds is 6. The van der Waals surface area contributed by atoms with Crippen LogP contribution in [0.5, 0.6) is 0 Å². The van der Waals surface area contributed by atoms with Gasteiger partial charge in [0, 0.05) is 20.2 Å². The van der Waals surface area contributed by atoms with Crippen LogP contribution in [0.1, 0.15) is 36.4 Å². The van der Waals surface area contributed by atoms with Crippen molar-refractivity contribution in [2.75, 3.05) is 13.2 Å². The monoisotopic (exact) mass is 307 g/mol. The van der Waals surface area contributed by atoms with Crippen molar-refractivity contribution in [1.82, 2.24) is 14.9 Å². The van der Waals surface area contributed by atoms with Crippen LogP contribution in [-0.2, 0) is 11.8 Å². The molecule has 2 aromatic rings. The summed E-state index contributed by atoms with van der Waals surface area (Å²) in [6.07, 6.45) is 2.25. The highest BCUT2D eigenvalue weighted by Crippen LogP contribution is 2.20. The highest BCUT2D eigenvalue weighted by molar-refractivity contribution is 6.06. The molecule has 120 valence electrons. The van der Waals surface area contributed by atoms with Gasteiger partial charge in [-0.15, -0.1) is 0 Å². The SMILES string of the molecule is Cc1oc2ncn(C)c(=O)c2c1C(=O)NCCCOC(C)C. The number of amides is 1. The lowest BCUT2D eigenvalue weighted by molar-refractivity contribution is 0.0757. The lowest BCUT2D eigenvalue weighted by atomic mass is 10.2. The Morgan fingerprint density at radius 1 is 1.50 bits per heavy atom. The quantitative estimate of drug-likeness (QED) is 0.815. The van der Waals surface area contributed by atoms with Gasteiger partial charge in [-0.25, -0.2) is 4.98 Å².